The number of rotatable bonds is 8. The maximum absolute atomic E-state index is 13.6. The molecule has 0 radical (unpaired) electrons. The molecule has 2 aromatic rings. The molecule has 0 saturated heterocycles. The summed E-state index contributed by atoms with van der Waals surface area (Å²) >= 11 is 0. The molecule has 0 aromatic heterocycles. The topological polar surface area (TPSA) is 84.9 Å². The quantitative estimate of drug-likeness (QED) is 0.676. The molecule has 2 aromatic carbocycles. The van der Waals surface area contributed by atoms with Crippen LogP contribution in [0.2, 0.25) is 0 Å². The molecule has 2 saturated carbocycles. The van der Waals surface area contributed by atoms with Gasteiger partial charge in [-0.2, -0.15) is 0 Å². The van der Waals surface area contributed by atoms with Crippen LogP contribution in [0.25, 0.3) is 0 Å². The Kier molecular flexibility index (Phi) is 6.09. The van der Waals surface area contributed by atoms with E-state index < -0.39 is 10.0 Å². The maximum atomic E-state index is 13.6. The number of benzene rings is 2. The van der Waals surface area contributed by atoms with Gasteiger partial charge < -0.3 is 14.8 Å². The minimum Gasteiger partial charge on any atom is -0.493 e. The molecule has 0 aliphatic heterocycles. The Morgan fingerprint density at radius 3 is 2.39 bits per heavy atom. The van der Waals surface area contributed by atoms with Crippen LogP contribution in [0.3, 0.4) is 0 Å². The predicted octanol–water partition coefficient (Wildman–Crippen LogP) is 3.20. The Morgan fingerprint density at radius 1 is 1.03 bits per heavy atom. The summed E-state index contributed by atoms with van der Waals surface area (Å²) < 4.78 is 38.7. The molecule has 1 amide bonds. The molecule has 0 spiro atoms. The summed E-state index contributed by atoms with van der Waals surface area (Å²) in [5.41, 5.74) is 0.431. The smallest absolute Gasteiger partial charge is 0.264 e. The molecule has 2 aliphatic carbocycles. The van der Waals surface area contributed by atoms with Crippen molar-refractivity contribution in [3.05, 3.63) is 48.5 Å². The molecule has 2 aliphatic rings. The van der Waals surface area contributed by atoms with Crippen LogP contribution in [0.4, 0.5) is 5.69 Å². The van der Waals surface area contributed by atoms with Gasteiger partial charge in [0, 0.05) is 12.1 Å². The van der Waals surface area contributed by atoms with Gasteiger partial charge in [0.2, 0.25) is 5.91 Å². The van der Waals surface area contributed by atoms with Gasteiger partial charge in [0.15, 0.2) is 11.5 Å². The monoisotopic (exact) mass is 444 g/mol. The fraction of sp³-hybridized carbons (Fsp3) is 0.435. The number of para-hydroxylation sites is 1. The lowest BCUT2D eigenvalue weighted by Gasteiger charge is -2.27. The third-order valence-corrected chi connectivity index (χ3v) is 8.13. The standard InChI is InChI=1S/C23H28N2O5S/c1-29-21-11-10-19(14-22(21)30-2)31(27,28)25(18-6-4-3-5-7-18)15-23(26)24-20-13-16-8-9-17(20)12-16/h3-7,10-11,14,16-17,20H,8-9,12-13,15H2,1-2H3,(H,24,26)/t16-,17+,20+/m0/s1. The molecule has 2 fully saturated rings. The molecule has 0 heterocycles. The van der Waals surface area contributed by atoms with Crippen molar-refractivity contribution >= 4 is 21.6 Å². The van der Waals surface area contributed by atoms with Crippen molar-refractivity contribution in [2.45, 2.75) is 36.6 Å². The highest BCUT2D eigenvalue weighted by Gasteiger charge is 2.40. The third-order valence-electron chi connectivity index (χ3n) is 6.36. The van der Waals surface area contributed by atoms with Gasteiger partial charge in [-0.15, -0.1) is 0 Å². The fourth-order valence-electron chi connectivity index (χ4n) is 4.82. The summed E-state index contributed by atoms with van der Waals surface area (Å²) in [4.78, 5) is 12.9. The Morgan fingerprint density at radius 2 is 1.77 bits per heavy atom. The number of hydrogen-bond acceptors (Lipinski definition) is 5. The first-order chi connectivity index (χ1) is 14.9. The van der Waals surface area contributed by atoms with E-state index in [0.29, 0.717) is 29.0 Å². The van der Waals surface area contributed by atoms with E-state index in [4.69, 9.17) is 9.47 Å². The van der Waals surface area contributed by atoms with Gasteiger partial charge in [0.25, 0.3) is 10.0 Å². The van der Waals surface area contributed by atoms with Gasteiger partial charge in [-0.25, -0.2) is 8.42 Å². The molecule has 31 heavy (non-hydrogen) atoms. The minimum atomic E-state index is -4.01. The number of carbonyl (C=O) groups is 1. The van der Waals surface area contributed by atoms with E-state index in [1.54, 1.807) is 36.4 Å². The number of nitrogens with zero attached hydrogens (tertiary/aromatic N) is 1. The number of nitrogens with one attached hydrogen (secondary N) is 1. The number of anilines is 1. The van der Waals surface area contributed by atoms with Crippen molar-refractivity contribution < 1.29 is 22.7 Å². The van der Waals surface area contributed by atoms with E-state index in [0.717, 1.165) is 23.6 Å². The van der Waals surface area contributed by atoms with E-state index in [1.807, 2.05) is 0 Å². The van der Waals surface area contributed by atoms with Crippen molar-refractivity contribution in [1.29, 1.82) is 0 Å². The van der Waals surface area contributed by atoms with Crippen LogP contribution in [0.5, 0.6) is 11.5 Å². The Bertz CT molecular complexity index is 1040. The first-order valence-electron chi connectivity index (χ1n) is 10.5. The second-order valence-electron chi connectivity index (χ2n) is 8.21. The summed E-state index contributed by atoms with van der Waals surface area (Å²) in [6.45, 7) is -0.283. The first-order valence-corrected chi connectivity index (χ1v) is 12.0. The normalized spacial score (nSPS) is 22.2. The molecule has 7 nitrogen and oxygen atoms in total. The highest BCUT2D eigenvalue weighted by molar-refractivity contribution is 7.92. The molecule has 1 N–H and O–H groups in total. The first kappa shape index (κ1) is 21.5. The molecule has 166 valence electrons. The Hall–Kier alpha value is -2.74. The van der Waals surface area contributed by atoms with E-state index in [1.165, 1.54) is 32.8 Å². The van der Waals surface area contributed by atoms with Gasteiger partial charge >= 0.3 is 0 Å². The molecule has 4 rings (SSSR count). The molecular formula is C23H28N2O5S. The zero-order valence-corrected chi connectivity index (χ0v) is 18.6. The van der Waals surface area contributed by atoms with Gasteiger partial charge in [-0.3, -0.25) is 9.10 Å². The number of sulfonamides is 1. The van der Waals surface area contributed by atoms with Gasteiger partial charge in [-0.1, -0.05) is 24.6 Å². The van der Waals surface area contributed by atoms with E-state index in [9.17, 15) is 13.2 Å². The number of fused-ring (bicyclic) bond motifs is 2. The van der Waals surface area contributed by atoms with Gasteiger partial charge in [0.05, 0.1) is 24.8 Å². The van der Waals surface area contributed by atoms with Gasteiger partial charge in [-0.05, 0) is 55.4 Å². The lowest BCUT2D eigenvalue weighted by molar-refractivity contribution is -0.120. The second kappa shape index (κ2) is 8.78. The zero-order chi connectivity index (χ0) is 22.0. The summed E-state index contributed by atoms with van der Waals surface area (Å²) in [6, 6.07) is 13.2. The largest absolute Gasteiger partial charge is 0.493 e. The van der Waals surface area contributed by atoms with Crippen LogP contribution < -0.4 is 19.1 Å². The van der Waals surface area contributed by atoms with Crippen LogP contribution in [0, 0.1) is 11.8 Å². The average molecular weight is 445 g/mol. The zero-order valence-electron chi connectivity index (χ0n) is 17.8. The molecular weight excluding hydrogens is 416 g/mol. The lowest BCUT2D eigenvalue weighted by atomic mass is 9.95. The second-order valence-corrected chi connectivity index (χ2v) is 10.1. The SMILES string of the molecule is COc1ccc(S(=O)(=O)N(CC(=O)N[C@@H]2C[C@H]3CC[C@@H]2C3)c2ccccc2)cc1OC. The molecule has 2 bridgehead atoms. The van der Waals surface area contributed by atoms with Crippen molar-refractivity contribution in [2.24, 2.45) is 11.8 Å². The number of amides is 1. The maximum Gasteiger partial charge on any atom is 0.264 e. The van der Waals surface area contributed by atoms with Crippen molar-refractivity contribution in [1.82, 2.24) is 5.32 Å². The highest BCUT2D eigenvalue weighted by atomic mass is 32.2. The van der Waals surface area contributed by atoms with Crippen LogP contribution in [-0.2, 0) is 14.8 Å². The lowest BCUT2D eigenvalue weighted by Crippen LogP contribution is -2.46. The van der Waals surface area contributed by atoms with Crippen molar-refractivity contribution in [2.75, 3.05) is 25.1 Å². The number of ether oxygens (including phenoxy) is 2. The van der Waals surface area contributed by atoms with Crippen molar-refractivity contribution in [3.8, 4) is 11.5 Å². The minimum absolute atomic E-state index is 0.0294. The molecule has 0 unspecified atom stereocenters. The fourth-order valence-corrected chi connectivity index (χ4v) is 6.25. The average Bonchev–Trinajstić information content (AvgIpc) is 3.40. The Labute approximate surface area is 183 Å². The van der Waals surface area contributed by atoms with Crippen LogP contribution in [0.1, 0.15) is 25.7 Å². The molecule has 3 atom stereocenters. The highest BCUT2D eigenvalue weighted by Crippen LogP contribution is 2.44. The predicted molar refractivity (Wildman–Crippen MR) is 118 cm³/mol. The van der Waals surface area contributed by atoms with Crippen LogP contribution >= 0.6 is 0 Å². The van der Waals surface area contributed by atoms with Crippen LogP contribution in [-0.4, -0.2) is 41.1 Å². The van der Waals surface area contributed by atoms with Crippen molar-refractivity contribution in [3.63, 3.8) is 0 Å². The third kappa shape index (κ3) is 4.35. The van der Waals surface area contributed by atoms with E-state index in [-0.39, 0.29) is 23.4 Å². The van der Waals surface area contributed by atoms with Crippen LogP contribution in [0.15, 0.2) is 53.4 Å². The summed E-state index contributed by atoms with van der Waals surface area (Å²) in [7, 11) is -1.07. The summed E-state index contributed by atoms with van der Waals surface area (Å²) in [6.07, 6.45) is 4.53. The number of hydrogen-bond donors (Lipinski definition) is 1. The number of carbonyl (C=O) groups excluding carboxylic acids is 1. The summed E-state index contributed by atoms with van der Waals surface area (Å²) in [5.74, 6) is 1.66. The molecule has 8 heteroatoms. The summed E-state index contributed by atoms with van der Waals surface area (Å²) in [5, 5.41) is 3.09. The van der Waals surface area contributed by atoms with Gasteiger partial charge in [0.1, 0.15) is 6.54 Å². The Balaban J connectivity index is 1.61. The van der Waals surface area contributed by atoms with E-state index >= 15 is 0 Å². The van der Waals surface area contributed by atoms with E-state index in [2.05, 4.69) is 5.32 Å². The number of methoxy groups -OCH3 is 2.